The van der Waals surface area contributed by atoms with E-state index in [-0.39, 0.29) is 29.3 Å². The molecule has 2 heterocycles. The van der Waals surface area contributed by atoms with Crippen molar-refractivity contribution < 1.29 is 14.5 Å². The summed E-state index contributed by atoms with van der Waals surface area (Å²) in [7, 11) is 0. The Morgan fingerprint density at radius 2 is 1.59 bits per heavy atom. The first-order valence-electron chi connectivity index (χ1n) is 13.2. The maximum absolute atomic E-state index is 12.4. The Bertz CT molecular complexity index is 1200. The van der Waals surface area contributed by atoms with Gasteiger partial charge in [0.05, 0.1) is 4.92 Å². The van der Waals surface area contributed by atoms with Crippen molar-refractivity contribution in [3.8, 4) is 0 Å². The molecule has 3 aromatic rings. The molecule has 0 spiro atoms. The van der Waals surface area contributed by atoms with Gasteiger partial charge in [-0.05, 0) is 50.7 Å². The average Bonchev–Trinajstić information content (AvgIpc) is 2.91. The van der Waals surface area contributed by atoms with Gasteiger partial charge in [-0.3, -0.25) is 10.1 Å². The van der Waals surface area contributed by atoms with Crippen LogP contribution >= 0.6 is 0 Å². The molecule has 1 fully saturated rings. The van der Waals surface area contributed by atoms with Crippen molar-refractivity contribution in [1.82, 2.24) is 14.9 Å². The highest BCUT2D eigenvalue weighted by Gasteiger charge is 2.30. The van der Waals surface area contributed by atoms with E-state index in [2.05, 4.69) is 15.3 Å². The van der Waals surface area contributed by atoms with Gasteiger partial charge in [0, 0.05) is 32.7 Å². The summed E-state index contributed by atoms with van der Waals surface area (Å²) in [5, 5.41) is 15.6. The van der Waals surface area contributed by atoms with Gasteiger partial charge in [0.15, 0.2) is 0 Å². The van der Waals surface area contributed by atoms with Crippen LogP contribution in [0, 0.1) is 16.0 Å². The number of nitrogens with zero attached hydrogens (tertiary/aromatic N) is 5. The number of piperidine rings is 1. The van der Waals surface area contributed by atoms with E-state index < -0.39 is 10.5 Å². The van der Waals surface area contributed by atoms with E-state index in [4.69, 9.17) is 4.74 Å². The van der Waals surface area contributed by atoms with Gasteiger partial charge in [-0.2, -0.15) is 0 Å². The molecule has 0 bridgehead atoms. The number of amides is 1. The third-order valence-electron chi connectivity index (χ3n) is 6.54. The number of anilines is 2. The molecule has 1 N–H and O–H groups in total. The number of benzene rings is 2. The predicted octanol–water partition coefficient (Wildman–Crippen LogP) is 5.65. The number of likely N-dealkylation sites (tertiary alicyclic amines) is 1. The summed E-state index contributed by atoms with van der Waals surface area (Å²) in [5.74, 6) is 0.710. The molecule has 10 heteroatoms. The zero-order chi connectivity index (χ0) is 27.8. The van der Waals surface area contributed by atoms with Gasteiger partial charge >= 0.3 is 11.8 Å². The maximum Gasteiger partial charge on any atom is 0.410 e. The van der Waals surface area contributed by atoms with E-state index in [0.717, 1.165) is 24.0 Å². The van der Waals surface area contributed by atoms with E-state index in [0.29, 0.717) is 32.7 Å². The topological polar surface area (TPSA) is 114 Å². The van der Waals surface area contributed by atoms with Gasteiger partial charge in [0.1, 0.15) is 11.9 Å². The summed E-state index contributed by atoms with van der Waals surface area (Å²) < 4.78 is 5.48. The van der Waals surface area contributed by atoms with Gasteiger partial charge in [-0.1, -0.05) is 60.7 Å². The zero-order valence-electron chi connectivity index (χ0n) is 22.7. The fraction of sp³-hybridized carbons (Fsp3) is 0.414. The lowest BCUT2D eigenvalue weighted by Gasteiger charge is -2.33. The Hall–Kier alpha value is -4.21. The Labute approximate surface area is 229 Å². The molecule has 0 saturated carbocycles. The minimum Gasteiger partial charge on any atom is -0.444 e. The van der Waals surface area contributed by atoms with Gasteiger partial charge < -0.3 is 19.9 Å². The van der Waals surface area contributed by atoms with E-state index in [1.54, 1.807) is 4.90 Å². The van der Waals surface area contributed by atoms with Gasteiger partial charge in [0.2, 0.25) is 11.6 Å². The molecule has 0 radical (unpaired) electrons. The van der Waals surface area contributed by atoms with Crippen LogP contribution in [0.15, 0.2) is 67.0 Å². The van der Waals surface area contributed by atoms with Crippen molar-refractivity contribution in [3.63, 3.8) is 0 Å². The van der Waals surface area contributed by atoms with Crippen molar-refractivity contribution in [3.05, 3.63) is 88.2 Å². The molecular weight excluding hydrogens is 496 g/mol. The normalized spacial score (nSPS) is 14.1. The third-order valence-corrected chi connectivity index (χ3v) is 6.54. The lowest BCUT2D eigenvalue weighted by molar-refractivity contribution is -0.383. The highest BCUT2D eigenvalue weighted by Crippen LogP contribution is 2.34. The predicted molar refractivity (Wildman–Crippen MR) is 150 cm³/mol. The lowest BCUT2D eigenvalue weighted by Crippen LogP contribution is -2.42. The number of nitrogens with one attached hydrogen (secondary N) is 1. The zero-order valence-corrected chi connectivity index (χ0v) is 22.7. The quantitative estimate of drug-likeness (QED) is 0.278. The molecular formula is C29H36N6O4. The summed E-state index contributed by atoms with van der Waals surface area (Å²) in [5.41, 5.74) is 1.37. The largest absolute Gasteiger partial charge is 0.444 e. The van der Waals surface area contributed by atoms with Crippen LogP contribution in [-0.4, -0.2) is 51.1 Å². The molecule has 1 aliphatic heterocycles. The van der Waals surface area contributed by atoms with Crippen LogP contribution in [0.5, 0.6) is 0 Å². The molecule has 10 nitrogen and oxygen atoms in total. The molecule has 1 saturated heterocycles. The van der Waals surface area contributed by atoms with Gasteiger partial charge in [0.25, 0.3) is 0 Å². The standard InChI is InChI=1S/C29H36N6O4/c1-29(2,3)39-28(36)33-16-14-22(15-17-33)18-30-26-25(35(37)38)27(32-21-31-26)34(19-23-10-6-4-7-11-23)20-24-12-8-5-9-13-24/h4-13,21-22H,14-20H2,1-3H3,(H,30,31,32). The highest BCUT2D eigenvalue weighted by atomic mass is 16.6. The summed E-state index contributed by atoms with van der Waals surface area (Å²) in [6.07, 6.45) is 2.61. The fourth-order valence-electron chi connectivity index (χ4n) is 4.60. The second kappa shape index (κ2) is 12.6. The van der Waals surface area contributed by atoms with Crippen LogP contribution in [0.25, 0.3) is 0 Å². The van der Waals surface area contributed by atoms with Crippen LogP contribution in [0.4, 0.5) is 22.1 Å². The van der Waals surface area contributed by atoms with Crippen molar-refractivity contribution in [1.29, 1.82) is 0 Å². The van der Waals surface area contributed by atoms with Gasteiger partial charge in [-0.15, -0.1) is 0 Å². The first kappa shape index (κ1) is 27.8. The molecule has 1 aliphatic rings. The van der Waals surface area contributed by atoms with Crippen LogP contribution in [0.2, 0.25) is 0 Å². The summed E-state index contributed by atoms with van der Waals surface area (Å²) in [4.78, 5) is 36.6. The number of carbonyl (C=O) groups excluding carboxylic acids is 1. The van der Waals surface area contributed by atoms with E-state index in [1.165, 1.54) is 6.33 Å². The highest BCUT2D eigenvalue weighted by molar-refractivity contribution is 5.70. The molecule has 1 aromatic heterocycles. The Kier molecular flexibility index (Phi) is 8.96. The van der Waals surface area contributed by atoms with Crippen LogP contribution < -0.4 is 10.2 Å². The van der Waals surface area contributed by atoms with Crippen molar-refractivity contribution >= 4 is 23.4 Å². The lowest BCUT2D eigenvalue weighted by atomic mass is 9.97. The molecule has 0 aliphatic carbocycles. The number of aromatic nitrogens is 2. The molecule has 2 aromatic carbocycles. The van der Waals surface area contributed by atoms with Crippen molar-refractivity contribution in [2.75, 3.05) is 29.9 Å². The maximum atomic E-state index is 12.4. The molecule has 0 atom stereocenters. The summed E-state index contributed by atoms with van der Waals surface area (Å²) in [6, 6.07) is 19.7. The Morgan fingerprint density at radius 3 is 2.10 bits per heavy atom. The summed E-state index contributed by atoms with van der Waals surface area (Å²) in [6.45, 7) is 8.14. The number of nitro groups is 1. The number of hydrogen-bond donors (Lipinski definition) is 1. The van der Waals surface area contributed by atoms with E-state index in [1.807, 2.05) is 86.3 Å². The second-order valence-electron chi connectivity index (χ2n) is 10.8. The Balaban J connectivity index is 1.49. The number of carbonyl (C=O) groups is 1. The minimum absolute atomic E-state index is 0.143. The second-order valence-corrected chi connectivity index (χ2v) is 10.8. The number of ether oxygens (including phenoxy) is 1. The Morgan fingerprint density at radius 1 is 1.03 bits per heavy atom. The average molecular weight is 533 g/mol. The van der Waals surface area contributed by atoms with E-state index in [9.17, 15) is 14.9 Å². The number of rotatable bonds is 9. The van der Waals surface area contributed by atoms with Crippen LogP contribution in [-0.2, 0) is 17.8 Å². The molecule has 39 heavy (non-hydrogen) atoms. The van der Waals surface area contributed by atoms with Crippen molar-refractivity contribution in [2.24, 2.45) is 5.92 Å². The first-order chi connectivity index (χ1) is 18.7. The number of hydrogen-bond acceptors (Lipinski definition) is 8. The monoisotopic (exact) mass is 532 g/mol. The van der Waals surface area contributed by atoms with Crippen LogP contribution in [0.3, 0.4) is 0 Å². The van der Waals surface area contributed by atoms with E-state index >= 15 is 0 Å². The fourth-order valence-corrected chi connectivity index (χ4v) is 4.60. The minimum atomic E-state index is -0.534. The third kappa shape index (κ3) is 7.89. The molecule has 4 rings (SSSR count). The van der Waals surface area contributed by atoms with Crippen LogP contribution in [0.1, 0.15) is 44.7 Å². The SMILES string of the molecule is CC(C)(C)OC(=O)N1CCC(CNc2ncnc(N(Cc3ccccc3)Cc3ccccc3)c2[N+](=O)[O-])CC1. The first-order valence-corrected chi connectivity index (χ1v) is 13.2. The molecule has 206 valence electrons. The van der Waals surface area contributed by atoms with Gasteiger partial charge in [-0.25, -0.2) is 14.8 Å². The van der Waals surface area contributed by atoms with Crippen molar-refractivity contribution in [2.45, 2.75) is 52.3 Å². The summed E-state index contributed by atoms with van der Waals surface area (Å²) >= 11 is 0. The molecule has 0 unspecified atom stereocenters. The molecule has 1 amide bonds. The smallest absolute Gasteiger partial charge is 0.410 e.